The van der Waals surface area contributed by atoms with Crippen LogP contribution in [0.15, 0.2) is 121 Å². The minimum absolute atomic E-state index is 0.0211. The molecule has 6 aromatic carbocycles. The molecule has 0 bridgehead atoms. The number of carbonyl (C=O) groups excluding carboxylic acids is 10. The van der Waals surface area contributed by atoms with Crippen LogP contribution in [0.1, 0.15) is 218 Å². The fourth-order valence-corrected chi connectivity index (χ4v) is 18.9. The Balaban J connectivity index is 0.000000188. The molecule has 2 atom stereocenters. The van der Waals surface area contributed by atoms with Gasteiger partial charge in [-0.15, -0.1) is 0 Å². The van der Waals surface area contributed by atoms with Crippen molar-refractivity contribution in [2.75, 3.05) is 149 Å². The predicted octanol–water partition coefficient (Wildman–Crippen LogP) is 14.0. The highest BCUT2D eigenvalue weighted by molar-refractivity contribution is 9.09. The first-order valence-electron chi connectivity index (χ1n) is 47.1. The SMILES string of the molecule is O=C(Nc1nc2cc(CN3CCCCC3)ccc2n1C1CCC(COCCOCCOCCOCCBr)CC1)c1cccc(C(F)(F)F)c1.O=C1CCC(N2C(=O)c3ccc(O)cc3C2=O)C(=O)N1.O=C1CCC(N2C(=O)c3ccc(OCCOCCOCCOCCOCC4CCC(n5c(CC(=O)c6cccc(C(F)(F)F)c6)nc6cc(CN7CCCCC7)ccc65)CC4)cc3C2=O)C(=O)N1. The molecule has 31 nitrogen and oxygen atoms in total. The number of alkyl halides is 7. The topological polar surface area (TPSA) is 359 Å². The molecule has 6 fully saturated rings. The van der Waals surface area contributed by atoms with Crippen LogP contribution in [-0.4, -0.2) is 259 Å². The van der Waals surface area contributed by atoms with Gasteiger partial charge in [0.2, 0.25) is 29.6 Å². The molecule has 2 aliphatic carbocycles. The molecule has 0 spiro atoms. The molecular weight excluding hydrogens is 1860 g/mol. The van der Waals surface area contributed by atoms with E-state index in [1.165, 1.54) is 93.1 Å². The molecule has 137 heavy (non-hydrogen) atoms. The van der Waals surface area contributed by atoms with Crippen molar-refractivity contribution in [3.05, 3.63) is 183 Å². The van der Waals surface area contributed by atoms with E-state index in [0.717, 1.165) is 163 Å². The summed E-state index contributed by atoms with van der Waals surface area (Å²) in [5.74, 6) is -3.62. The molecule has 8 heterocycles. The third kappa shape index (κ3) is 27.7. The van der Waals surface area contributed by atoms with Gasteiger partial charge < -0.3 is 56.9 Å². The van der Waals surface area contributed by atoms with Crippen LogP contribution in [0.3, 0.4) is 0 Å². The lowest BCUT2D eigenvalue weighted by molar-refractivity contribution is -0.138. The van der Waals surface area contributed by atoms with Crippen LogP contribution in [0.4, 0.5) is 32.3 Å². The molecule has 6 aliphatic heterocycles. The van der Waals surface area contributed by atoms with Crippen molar-refractivity contribution in [1.82, 2.24) is 49.3 Å². The molecule has 736 valence electrons. The number of nitrogens with one attached hydrogen (secondary N) is 3. The summed E-state index contributed by atoms with van der Waals surface area (Å²) in [6, 6.07) is 28.2. The van der Waals surface area contributed by atoms with Crippen molar-refractivity contribution >= 4 is 103 Å². The normalized spacial score (nSPS) is 20.1. The van der Waals surface area contributed by atoms with Crippen molar-refractivity contribution in [3.63, 3.8) is 0 Å². The average molecular weight is 1970 g/mol. The number of phenols is 1. The van der Waals surface area contributed by atoms with Gasteiger partial charge in [0.05, 0.1) is 154 Å². The molecule has 9 amide bonds. The lowest BCUT2D eigenvalue weighted by Crippen LogP contribution is -2.54. The molecule has 4 N–H and O–H groups in total. The van der Waals surface area contributed by atoms with Crippen molar-refractivity contribution in [2.24, 2.45) is 11.8 Å². The van der Waals surface area contributed by atoms with Gasteiger partial charge in [0.25, 0.3) is 29.5 Å². The number of ether oxygens (including phenoxy) is 9. The lowest BCUT2D eigenvalue weighted by Gasteiger charge is -2.30. The first kappa shape index (κ1) is 102. The van der Waals surface area contributed by atoms with Crippen molar-refractivity contribution < 1.29 is 122 Å². The summed E-state index contributed by atoms with van der Waals surface area (Å²) in [7, 11) is 0. The van der Waals surface area contributed by atoms with E-state index in [9.17, 15) is 79.4 Å². The van der Waals surface area contributed by atoms with E-state index in [4.69, 9.17) is 52.6 Å². The van der Waals surface area contributed by atoms with Gasteiger partial charge in [0.1, 0.15) is 36.0 Å². The summed E-state index contributed by atoms with van der Waals surface area (Å²) >= 11 is 3.31. The number of amides is 9. The number of halogens is 7. The maximum atomic E-state index is 13.5. The van der Waals surface area contributed by atoms with Gasteiger partial charge in [-0.2, -0.15) is 26.3 Å². The van der Waals surface area contributed by atoms with Crippen LogP contribution in [0.25, 0.3) is 22.1 Å². The number of aromatic hydroxyl groups is 1. The number of imide groups is 4. The Labute approximate surface area is 797 Å². The highest BCUT2D eigenvalue weighted by Gasteiger charge is 2.47. The van der Waals surface area contributed by atoms with E-state index in [1.54, 1.807) is 6.07 Å². The molecule has 16 rings (SSSR count). The molecule has 2 saturated carbocycles. The van der Waals surface area contributed by atoms with Gasteiger partial charge >= 0.3 is 12.4 Å². The number of rotatable bonds is 41. The number of ketones is 1. The van der Waals surface area contributed by atoms with Crippen molar-refractivity contribution in [2.45, 2.75) is 172 Å². The van der Waals surface area contributed by atoms with Gasteiger partial charge in [-0.1, -0.05) is 59.1 Å². The third-order valence-corrected chi connectivity index (χ3v) is 26.0. The lowest BCUT2D eigenvalue weighted by atomic mass is 9.86. The van der Waals surface area contributed by atoms with Gasteiger partial charge in [0, 0.05) is 67.7 Å². The van der Waals surface area contributed by atoms with E-state index in [0.29, 0.717) is 128 Å². The molecule has 2 aromatic heterocycles. The zero-order valence-corrected chi connectivity index (χ0v) is 77.9. The molecule has 8 aliphatic rings. The Bertz CT molecular complexity index is 5550. The zero-order valence-electron chi connectivity index (χ0n) is 76.3. The van der Waals surface area contributed by atoms with E-state index >= 15 is 0 Å². The largest absolute Gasteiger partial charge is 0.508 e. The van der Waals surface area contributed by atoms with Crippen LogP contribution in [0.5, 0.6) is 11.5 Å². The quantitative estimate of drug-likeness (QED) is 0.00909. The molecule has 38 heteroatoms. The highest BCUT2D eigenvalue weighted by Crippen LogP contribution is 2.42. The zero-order chi connectivity index (χ0) is 96.5. The second-order valence-electron chi connectivity index (χ2n) is 35.3. The van der Waals surface area contributed by atoms with Gasteiger partial charge in [0.15, 0.2) is 5.78 Å². The first-order chi connectivity index (χ1) is 66.2. The molecule has 2 unspecified atom stereocenters. The number of imidazole rings is 2. The first-order valence-corrected chi connectivity index (χ1v) is 48.2. The van der Waals surface area contributed by atoms with Gasteiger partial charge in [-0.3, -0.25) is 83.5 Å². The van der Waals surface area contributed by atoms with E-state index in [1.807, 2.05) is 0 Å². The van der Waals surface area contributed by atoms with E-state index in [2.05, 4.69) is 87.2 Å². The Kier molecular flexibility index (Phi) is 36.7. The minimum Gasteiger partial charge on any atom is -0.508 e. The maximum Gasteiger partial charge on any atom is 0.416 e. The fraction of sp³-hybridized carbons (Fsp3) is 0.515. The Hall–Kier alpha value is -10.8. The summed E-state index contributed by atoms with van der Waals surface area (Å²) in [6.45, 7) is 13.9. The highest BCUT2D eigenvalue weighted by atomic mass is 79.9. The van der Waals surface area contributed by atoms with Crippen molar-refractivity contribution in [3.8, 4) is 11.5 Å². The summed E-state index contributed by atoms with van der Waals surface area (Å²) < 4.78 is 136. The predicted molar refractivity (Wildman–Crippen MR) is 492 cm³/mol. The monoisotopic (exact) mass is 1970 g/mol. The number of fused-ring (bicyclic) bond motifs is 4. The molecule has 4 saturated heterocycles. The second kappa shape index (κ2) is 49.2. The molecule has 8 aromatic rings. The number of anilines is 1. The molecule has 0 radical (unpaired) electrons. The van der Waals surface area contributed by atoms with Crippen LogP contribution >= 0.6 is 15.9 Å². The smallest absolute Gasteiger partial charge is 0.416 e. The number of hydrogen-bond acceptors (Lipinski definition) is 24. The number of nitrogens with zero attached hydrogens (tertiary/aromatic N) is 8. The summed E-state index contributed by atoms with van der Waals surface area (Å²) in [5, 5.41) is 17.3. The van der Waals surface area contributed by atoms with Crippen LogP contribution < -0.4 is 20.7 Å². The number of hydrogen-bond donors (Lipinski definition) is 4. The number of piperidine rings is 4. The minimum atomic E-state index is -4.54. The van der Waals surface area contributed by atoms with Gasteiger partial charge in [-0.05, 0) is 230 Å². The summed E-state index contributed by atoms with van der Waals surface area (Å²) in [5.41, 5.74) is 4.53. The van der Waals surface area contributed by atoms with Gasteiger partial charge in [-0.25, -0.2) is 9.97 Å². The van der Waals surface area contributed by atoms with E-state index in [-0.39, 0.29) is 96.5 Å². The number of phenolic OH excluding ortho intramolecular Hbond substituents is 1. The molecular formula is C99H116BrF6N11O20. The maximum absolute atomic E-state index is 13.5. The van der Waals surface area contributed by atoms with Crippen LogP contribution in [0.2, 0.25) is 0 Å². The van der Waals surface area contributed by atoms with Crippen LogP contribution in [-0.2, 0) is 88.9 Å². The van der Waals surface area contributed by atoms with Crippen molar-refractivity contribution in [1.29, 1.82) is 0 Å². The summed E-state index contributed by atoms with van der Waals surface area (Å²) in [4.78, 5) is 140. The standard InChI is InChI=1S/C50H58F3N5O10.C36H48BrF3N4O5.C13H10N2O5/c51-50(52,53)36-6-4-5-35(28-36)44(59)30-45-54-41-27-34(31-56-17-2-1-3-18-56)9-14-42(41)57(45)37-10-7-33(8-11-37)32-67-24-23-65-20-19-64-21-22-66-25-26-68-38-12-13-39-40(29-38)49(63)58(48(39)62)43-15-16-46(60)55-47(43)61;37-13-16-46-17-18-47-19-20-48-21-22-49-26-27-7-10-31(11-8-27)44-33-12-9-28(25-43-14-2-1-3-15-43)23-32(33)41-35(44)42-34(45)29-5-4-6-30(24-29)36(38,39)40;16-6-1-2-7-8(5-6)13(20)15(12(7)19)9-3-4-10(17)14-11(9)18/h4-6,9,12-14,27-29,33,37,43H,1-3,7-8,10-11,15-26,30-32H2,(H,55,60,61);4-6,9,12,23-24,27,31H,1-3,7-8,10-11,13-22,25-26H2,(H,41,42,45);1-2,5,9,16H,3-4H2,(H,14,17,18). The van der Waals surface area contributed by atoms with E-state index < -0.39 is 94.5 Å². The Morgan fingerprint density at radius 2 is 0.861 bits per heavy atom. The van der Waals surface area contributed by atoms with Crippen LogP contribution in [0, 0.1) is 11.8 Å². The number of Topliss-reactive ketones (excluding diaryl/α,β-unsaturated/α-hetero) is 1. The summed E-state index contributed by atoms with van der Waals surface area (Å²) in [6.07, 6.45) is 5.64. The number of benzene rings is 6. The number of carbonyl (C=O) groups is 10. The fourth-order valence-electron chi connectivity index (χ4n) is 18.6. The number of likely N-dealkylation sites (tertiary alicyclic amines) is 2. The third-order valence-electron chi connectivity index (χ3n) is 25.7. The Morgan fingerprint density at radius 1 is 0.438 bits per heavy atom. The second-order valence-corrected chi connectivity index (χ2v) is 36.1. The average Bonchev–Trinajstić information content (AvgIpc) is 1.61. The Morgan fingerprint density at radius 3 is 1.34 bits per heavy atom. The number of aromatic nitrogens is 4.